The molecule has 2 N–H and O–H groups in total. The Morgan fingerprint density at radius 3 is 2.61 bits per heavy atom. The molecule has 1 saturated heterocycles. The number of carbonyl (C=O) groups excluding carboxylic acids is 2. The van der Waals surface area contributed by atoms with E-state index < -0.39 is 0 Å². The number of amides is 2. The summed E-state index contributed by atoms with van der Waals surface area (Å²) in [7, 11) is 0. The van der Waals surface area contributed by atoms with E-state index >= 15 is 0 Å². The number of carbonyl (C=O) groups is 2. The van der Waals surface area contributed by atoms with Gasteiger partial charge in [-0.1, -0.05) is 0 Å². The molecule has 5 nitrogen and oxygen atoms in total. The molecule has 1 atom stereocenters. The van der Waals surface area contributed by atoms with Gasteiger partial charge in [0.15, 0.2) is 0 Å². The van der Waals surface area contributed by atoms with Crippen LogP contribution in [-0.4, -0.2) is 47.9 Å². The first-order valence-corrected chi connectivity index (χ1v) is 6.60. The number of nitrogens with one attached hydrogen (secondary N) is 2. The Kier molecular flexibility index (Phi) is 5.14. The molecule has 1 aliphatic rings. The summed E-state index contributed by atoms with van der Waals surface area (Å²) in [4.78, 5) is 25.0. The monoisotopic (exact) mass is 255 g/mol. The van der Waals surface area contributed by atoms with Crippen LogP contribution in [0.15, 0.2) is 0 Å². The van der Waals surface area contributed by atoms with E-state index in [0.29, 0.717) is 19.5 Å². The highest BCUT2D eigenvalue weighted by atomic mass is 16.2. The minimum atomic E-state index is -0.0640. The first kappa shape index (κ1) is 15.0. The van der Waals surface area contributed by atoms with Crippen LogP contribution in [0.5, 0.6) is 0 Å². The highest BCUT2D eigenvalue weighted by Crippen LogP contribution is 2.09. The maximum Gasteiger partial charge on any atom is 0.234 e. The van der Waals surface area contributed by atoms with Gasteiger partial charge in [-0.25, -0.2) is 0 Å². The topological polar surface area (TPSA) is 61.4 Å². The predicted molar refractivity (Wildman–Crippen MR) is 71.2 cm³/mol. The van der Waals surface area contributed by atoms with Crippen molar-refractivity contribution in [3.63, 3.8) is 0 Å². The molecule has 1 unspecified atom stereocenters. The molecule has 0 saturated carbocycles. The molecule has 1 rings (SSSR count). The van der Waals surface area contributed by atoms with Crippen LogP contribution in [0.25, 0.3) is 0 Å². The Morgan fingerprint density at radius 1 is 1.44 bits per heavy atom. The summed E-state index contributed by atoms with van der Waals surface area (Å²) < 4.78 is 0. The first-order chi connectivity index (χ1) is 8.28. The van der Waals surface area contributed by atoms with Crippen molar-refractivity contribution in [2.45, 2.75) is 52.1 Å². The third-order valence-corrected chi connectivity index (χ3v) is 2.85. The molecule has 5 heteroatoms. The van der Waals surface area contributed by atoms with Crippen LogP contribution in [0.1, 0.15) is 40.5 Å². The predicted octanol–water partition coefficient (Wildman–Crippen LogP) is 0.502. The van der Waals surface area contributed by atoms with Gasteiger partial charge in [0.25, 0.3) is 0 Å². The van der Waals surface area contributed by atoms with E-state index in [4.69, 9.17) is 0 Å². The van der Waals surface area contributed by atoms with Gasteiger partial charge < -0.3 is 15.5 Å². The quantitative estimate of drug-likeness (QED) is 0.752. The van der Waals surface area contributed by atoms with Gasteiger partial charge >= 0.3 is 0 Å². The lowest BCUT2D eigenvalue weighted by molar-refractivity contribution is -0.129. The number of rotatable bonds is 5. The van der Waals surface area contributed by atoms with E-state index in [2.05, 4.69) is 10.6 Å². The zero-order valence-corrected chi connectivity index (χ0v) is 11.9. The number of hydrogen-bond acceptors (Lipinski definition) is 3. The Balaban J connectivity index is 2.25. The molecule has 0 bridgehead atoms. The summed E-state index contributed by atoms with van der Waals surface area (Å²) in [6.07, 6.45) is 1.58. The van der Waals surface area contributed by atoms with Crippen molar-refractivity contribution < 1.29 is 9.59 Å². The molecule has 0 aromatic heterocycles. The SMILES string of the molecule is CC(CN1CCCC1=O)NC(=O)CNC(C)(C)C. The second-order valence-electron chi connectivity index (χ2n) is 6.02. The summed E-state index contributed by atoms with van der Waals surface area (Å²) in [5, 5.41) is 6.04. The van der Waals surface area contributed by atoms with E-state index in [1.807, 2.05) is 32.6 Å². The highest BCUT2D eigenvalue weighted by Gasteiger charge is 2.22. The van der Waals surface area contributed by atoms with Crippen molar-refractivity contribution in [2.24, 2.45) is 0 Å². The molecule has 2 amide bonds. The highest BCUT2D eigenvalue weighted by molar-refractivity contribution is 5.79. The minimum absolute atomic E-state index is 0.00122. The molecule has 18 heavy (non-hydrogen) atoms. The molecule has 1 fully saturated rings. The number of hydrogen-bond donors (Lipinski definition) is 2. The summed E-state index contributed by atoms with van der Waals surface area (Å²) >= 11 is 0. The summed E-state index contributed by atoms with van der Waals surface area (Å²) in [6.45, 7) is 9.73. The fourth-order valence-electron chi connectivity index (χ4n) is 1.94. The van der Waals surface area contributed by atoms with Crippen LogP contribution in [0.3, 0.4) is 0 Å². The van der Waals surface area contributed by atoms with Gasteiger partial charge in [0, 0.05) is 31.1 Å². The Hall–Kier alpha value is -1.10. The smallest absolute Gasteiger partial charge is 0.234 e. The third kappa shape index (κ3) is 5.49. The van der Waals surface area contributed by atoms with Gasteiger partial charge in [-0.3, -0.25) is 9.59 Å². The number of nitrogens with zero attached hydrogens (tertiary/aromatic N) is 1. The molecule has 1 heterocycles. The largest absolute Gasteiger partial charge is 0.351 e. The molecule has 104 valence electrons. The van der Waals surface area contributed by atoms with Gasteiger partial charge in [-0.15, -0.1) is 0 Å². The van der Waals surface area contributed by atoms with Crippen LogP contribution >= 0.6 is 0 Å². The average molecular weight is 255 g/mol. The van der Waals surface area contributed by atoms with Crippen LogP contribution in [0.4, 0.5) is 0 Å². The molecule has 1 aliphatic heterocycles. The van der Waals surface area contributed by atoms with Crippen molar-refractivity contribution in [3.8, 4) is 0 Å². The average Bonchev–Trinajstić information content (AvgIpc) is 2.60. The Morgan fingerprint density at radius 2 is 2.11 bits per heavy atom. The molecule has 0 spiro atoms. The Labute approximate surface area is 109 Å². The van der Waals surface area contributed by atoms with Crippen LogP contribution in [0.2, 0.25) is 0 Å². The van der Waals surface area contributed by atoms with E-state index in [1.54, 1.807) is 0 Å². The third-order valence-electron chi connectivity index (χ3n) is 2.85. The fraction of sp³-hybridized carbons (Fsp3) is 0.846. The second-order valence-corrected chi connectivity index (χ2v) is 6.02. The zero-order valence-electron chi connectivity index (χ0n) is 11.9. The fourth-order valence-corrected chi connectivity index (χ4v) is 1.94. The van der Waals surface area contributed by atoms with Gasteiger partial charge in [0.1, 0.15) is 0 Å². The molecule has 0 aromatic rings. The van der Waals surface area contributed by atoms with Crippen molar-refractivity contribution in [1.82, 2.24) is 15.5 Å². The normalized spacial score (nSPS) is 18.0. The molecule has 0 aromatic carbocycles. The molecule has 0 radical (unpaired) electrons. The van der Waals surface area contributed by atoms with Crippen molar-refractivity contribution >= 4 is 11.8 Å². The van der Waals surface area contributed by atoms with E-state index in [9.17, 15) is 9.59 Å². The van der Waals surface area contributed by atoms with Gasteiger partial charge in [-0.2, -0.15) is 0 Å². The molecular weight excluding hydrogens is 230 g/mol. The zero-order chi connectivity index (χ0) is 13.8. The van der Waals surface area contributed by atoms with Crippen molar-refractivity contribution in [2.75, 3.05) is 19.6 Å². The van der Waals surface area contributed by atoms with Crippen molar-refractivity contribution in [1.29, 1.82) is 0 Å². The van der Waals surface area contributed by atoms with Gasteiger partial charge in [0.05, 0.1) is 6.54 Å². The lowest BCUT2D eigenvalue weighted by atomic mass is 10.1. The van der Waals surface area contributed by atoms with E-state index in [-0.39, 0.29) is 23.4 Å². The lowest BCUT2D eigenvalue weighted by Crippen LogP contribution is -2.48. The maximum absolute atomic E-state index is 11.7. The number of likely N-dealkylation sites (tertiary alicyclic amines) is 1. The Bertz CT molecular complexity index is 310. The van der Waals surface area contributed by atoms with Crippen LogP contribution in [0, 0.1) is 0 Å². The van der Waals surface area contributed by atoms with Gasteiger partial charge in [-0.05, 0) is 34.1 Å². The molecule has 0 aliphatic carbocycles. The molecular formula is C13H25N3O2. The van der Waals surface area contributed by atoms with Crippen LogP contribution < -0.4 is 10.6 Å². The minimum Gasteiger partial charge on any atom is -0.351 e. The lowest BCUT2D eigenvalue weighted by Gasteiger charge is -2.23. The standard InChI is InChI=1S/C13H25N3O2/c1-10(9-16-7-5-6-12(16)18)15-11(17)8-14-13(2,3)4/h10,14H,5-9H2,1-4H3,(H,15,17). The van der Waals surface area contributed by atoms with Crippen molar-refractivity contribution in [3.05, 3.63) is 0 Å². The summed E-state index contributed by atoms with van der Waals surface area (Å²) in [6, 6.07) is 0.00122. The second kappa shape index (κ2) is 6.18. The van der Waals surface area contributed by atoms with Crippen LogP contribution in [-0.2, 0) is 9.59 Å². The first-order valence-electron chi connectivity index (χ1n) is 6.60. The van der Waals surface area contributed by atoms with E-state index in [0.717, 1.165) is 13.0 Å². The summed E-state index contributed by atoms with van der Waals surface area (Å²) in [5.41, 5.74) is -0.0640. The van der Waals surface area contributed by atoms with E-state index in [1.165, 1.54) is 0 Å². The van der Waals surface area contributed by atoms with Gasteiger partial charge in [0.2, 0.25) is 11.8 Å². The summed E-state index contributed by atoms with van der Waals surface area (Å²) in [5.74, 6) is 0.174. The maximum atomic E-state index is 11.7.